The molecule has 1 aromatic rings. The highest BCUT2D eigenvalue weighted by Gasteiger charge is 2.16. The summed E-state index contributed by atoms with van der Waals surface area (Å²) < 4.78 is 0. The molecular weight excluding hydrogens is 242 g/mol. The van der Waals surface area contributed by atoms with Crippen molar-refractivity contribution >= 4 is 11.3 Å². The molecule has 1 aromatic heterocycles. The molecule has 1 aliphatic rings. The Hall–Kier alpha value is -0.450. The van der Waals surface area contributed by atoms with Gasteiger partial charge in [0.15, 0.2) is 0 Å². The number of aromatic nitrogens is 1. The van der Waals surface area contributed by atoms with Gasteiger partial charge < -0.3 is 5.32 Å². The Balaban J connectivity index is 1.79. The summed E-state index contributed by atoms with van der Waals surface area (Å²) in [7, 11) is 0. The summed E-state index contributed by atoms with van der Waals surface area (Å²) in [5, 5.41) is 6.85. The summed E-state index contributed by atoms with van der Waals surface area (Å²) in [5.41, 5.74) is 1.25. The molecule has 1 fully saturated rings. The zero-order valence-electron chi connectivity index (χ0n) is 11.8. The highest BCUT2D eigenvalue weighted by Crippen LogP contribution is 2.19. The normalized spacial score (nSPS) is 18.7. The van der Waals surface area contributed by atoms with Gasteiger partial charge in [0.2, 0.25) is 0 Å². The van der Waals surface area contributed by atoms with Gasteiger partial charge in [-0.05, 0) is 31.8 Å². The predicted octanol–water partition coefficient (Wildman–Crippen LogP) is 2.87. The Morgan fingerprint density at radius 2 is 2.17 bits per heavy atom. The number of nitrogens with one attached hydrogen (secondary N) is 1. The largest absolute Gasteiger partial charge is 0.308 e. The van der Waals surface area contributed by atoms with Crippen LogP contribution in [0.5, 0.6) is 0 Å². The number of hydrogen-bond acceptors (Lipinski definition) is 4. The molecule has 0 radical (unpaired) electrons. The highest BCUT2D eigenvalue weighted by molar-refractivity contribution is 7.09. The fourth-order valence-corrected chi connectivity index (χ4v) is 2.98. The second-order valence-corrected chi connectivity index (χ2v) is 6.67. The molecule has 1 aliphatic heterocycles. The molecule has 3 nitrogen and oxygen atoms in total. The quantitative estimate of drug-likeness (QED) is 0.889. The maximum Gasteiger partial charge on any atom is 0.107 e. The van der Waals surface area contributed by atoms with E-state index in [1.165, 1.54) is 36.6 Å². The van der Waals surface area contributed by atoms with Gasteiger partial charge in [0.05, 0.1) is 5.69 Å². The summed E-state index contributed by atoms with van der Waals surface area (Å²) in [6, 6.07) is 0.529. The van der Waals surface area contributed by atoms with E-state index in [1.807, 2.05) is 0 Å². The average molecular weight is 267 g/mol. The second kappa shape index (κ2) is 6.64. The molecule has 0 amide bonds. The third kappa shape index (κ3) is 4.34. The van der Waals surface area contributed by atoms with Crippen LogP contribution in [0.3, 0.4) is 0 Å². The second-order valence-electron chi connectivity index (χ2n) is 5.73. The number of nitrogens with zero attached hydrogens (tertiary/aromatic N) is 2. The standard InChI is InChI=1S/C14H25N3S/c1-11(2)15-8-14-16-13(10-18-14)9-17-6-4-12(3)5-7-17/h10-12,15H,4-9H2,1-3H3. The van der Waals surface area contributed by atoms with Crippen LogP contribution in [0, 0.1) is 5.92 Å². The van der Waals surface area contributed by atoms with E-state index < -0.39 is 0 Å². The Morgan fingerprint density at radius 1 is 1.44 bits per heavy atom. The minimum absolute atomic E-state index is 0.529. The molecule has 4 heteroatoms. The zero-order valence-corrected chi connectivity index (χ0v) is 12.6. The lowest BCUT2D eigenvalue weighted by Crippen LogP contribution is -2.32. The lowest BCUT2D eigenvalue weighted by Gasteiger charge is -2.29. The number of thiazole rings is 1. The minimum atomic E-state index is 0.529. The van der Waals surface area contributed by atoms with Crippen molar-refractivity contribution in [2.75, 3.05) is 13.1 Å². The van der Waals surface area contributed by atoms with Gasteiger partial charge in [-0.1, -0.05) is 20.8 Å². The molecule has 102 valence electrons. The fourth-order valence-electron chi connectivity index (χ4n) is 2.24. The van der Waals surface area contributed by atoms with E-state index in [4.69, 9.17) is 4.98 Å². The van der Waals surface area contributed by atoms with E-state index >= 15 is 0 Å². The molecule has 2 rings (SSSR count). The van der Waals surface area contributed by atoms with Crippen LogP contribution in [-0.4, -0.2) is 29.0 Å². The van der Waals surface area contributed by atoms with Crippen molar-refractivity contribution in [2.45, 2.75) is 52.7 Å². The molecule has 0 aliphatic carbocycles. The van der Waals surface area contributed by atoms with Crippen molar-refractivity contribution in [3.8, 4) is 0 Å². The monoisotopic (exact) mass is 267 g/mol. The van der Waals surface area contributed by atoms with Crippen LogP contribution in [-0.2, 0) is 13.1 Å². The Labute approximate surface area is 115 Å². The summed E-state index contributed by atoms with van der Waals surface area (Å²) in [4.78, 5) is 7.25. The maximum atomic E-state index is 4.71. The van der Waals surface area contributed by atoms with Gasteiger partial charge in [-0.15, -0.1) is 11.3 Å². The third-order valence-corrected chi connectivity index (χ3v) is 4.42. The van der Waals surface area contributed by atoms with Crippen LogP contribution < -0.4 is 5.32 Å². The van der Waals surface area contributed by atoms with E-state index in [0.717, 1.165) is 19.0 Å². The minimum Gasteiger partial charge on any atom is -0.308 e. The van der Waals surface area contributed by atoms with Crippen LogP contribution in [0.1, 0.15) is 44.3 Å². The van der Waals surface area contributed by atoms with Crippen molar-refractivity contribution in [1.29, 1.82) is 0 Å². The van der Waals surface area contributed by atoms with E-state index in [0.29, 0.717) is 6.04 Å². The maximum absolute atomic E-state index is 4.71. The van der Waals surface area contributed by atoms with E-state index in [2.05, 4.69) is 36.4 Å². The van der Waals surface area contributed by atoms with Gasteiger partial charge in [0, 0.05) is 24.5 Å². The Kier molecular flexibility index (Phi) is 5.15. The SMILES string of the molecule is CC1CCN(Cc2csc(CNC(C)C)n2)CC1. The first-order valence-electron chi connectivity index (χ1n) is 7.02. The molecule has 0 spiro atoms. The van der Waals surface area contributed by atoms with E-state index in [9.17, 15) is 0 Å². The molecule has 1 N–H and O–H groups in total. The van der Waals surface area contributed by atoms with Gasteiger partial charge in [-0.3, -0.25) is 4.90 Å². The average Bonchev–Trinajstić information content (AvgIpc) is 2.77. The summed E-state index contributed by atoms with van der Waals surface area (Å²) in [6.07, 6.45) is 2.68. The van der Waals surface area contributed by atoms with Crippen molar-refractivity contribution in [1.82, 2.24) is 15.2 Å². The highest BCUT2D eigenvalue weighted by atomic mass is 32.1. The number of likely N-dealkylation sites (tertiary alicyclic amines) is 1. The Bertz CT molecular complexity index is 354. The first-order chi connectivity index (χ1) is 8.63. The molecule has 0 unspecified atom stereocenters. The number of hydrogen-bond donors (Lipinski definition) is 1. The molecular formula is C14H25N3S. The van der Waals surface area contributed by atoms with E-state index in [-0.39, 0.29) is 0 Å². The van der Waals surface area contributed by atoms with Crippen LogP contribution in [0.4, 0.5) is 0 Å². The predicted molar refractivity (Wildman–Crippen MR) is 77.8 cm³/mol. The van der Waals surface area contributed by atoms with Crippen molar-refractivity contribution in [2.24, 2.45) is 5.92 Å². The van der Waals surface area contributed by atoms with Crippen LogP contribution in [0.15, 0.2) is 5.38 Å². The van der Waals surface area contributed by atoms with Crippen LogP contribution >= 0.6 is 11.3 Å². The van der Waals surface area contributed by atoms with Gasteiger partial charge in [-0.2, -0.15) is 0 Å². The van der Waals surface area contributed by atoms with Gasteiger partial charge in [-0.25, -0.2) is 4.98 Å². The third-order valence-electron chi connectivity index (χ3n) is 3.52. The summed E-state index contributed by atoms with van der Waals surface area (Å²) >= 11 is 1.78. The number of rotatable bonds is 5. The van der Waals surface area contributed by atoms with Crippen LogP contribution in [0.2, 0.25) is 0 Å². The zero-order chi connectivity index (χ0) is 13.0. The van der Waals surface area contributed by atoms with Gasteiger partial charge in [0.1, 0.15) is 5.01 Å². The summed E-state index contributed by atoms with van der Waals surface area (Å²) in [6.45, 7) is 11.1. The van der Waals surface area contributed by atoms with Gasteiger partial charge in [0.25, 0.3) is 0 Å². The fraction of sp³-hybridized carbons (Fsp3) is 0.786. The lowest BCUT2D eigenvalue weighted by atomic mass is 9.99. The van der Waals surface area contributed by atoms with Crippen molar-refractivity contribution < 1.29 is 0 Å². The first kappa shape index (κ1) is 14.0. The Morgan fingerprint density at radius 3 is 2.83 bits per heavy atom. The molecule has 18 heavy (non-hydrogen) atoms. The summed E-state index contributed by atoms with van der Waals surface area (Å²) in [5.74, 6) is 0.905. The molecule has 2 heterocycles. The first-order valence-corrected chi connectivity index (χ1v) is 7.90. The van der Waals surface area contributed by atoms with Gasteiger partial charge >= 0.3 is 0 Å². The molecule has 1 saturated heterocycles. The molecule has 0 aromatic carbocycles. The smallest absolute Gasteiger partial charge is 0.107 e. The lowest BCUT2D eigenvalue weighted by molar-refractivity contribution is 0.183. The van der Waals surface area contributed by atoms with E-state index in [1.54, 1.807) is 11.3 Å². The van der Waals surface area contributed by atoms with Crippen molar-refractivity contribution in [3.05, 3.63) is 16.1 Å². The molecule has 0 saturated carbocycles. The number of piperidine rings is 1. The molecule has 0 atom stereocenters. The molecule has 0 bridgehead atoms. The topological polar surface area (TPSA) is 28.2 Å². The van der Waals surface area contributed by atoms with Crippen LogP contribution in [0.25, 0.3) is 0 Å². The van der Waals surface area contributed by atoms with Crippen molar-refractivity contribution in [3.63, 3.8) is 0 Å².